The number of hydrogen-bond donors (Lipinski definition) is 0. The molecule has 0 aromatic rings. The molecule has 1 atom stereocenters. The number of rotatable bonds is 55. The second-order valence-electron chi connectivity index (χ2n) is 20.2. The number of carbonyl (C=O) groups is 3. The number of esters is 3. The smallest absolute Gasteiger partial charge is 0.306 e. The highest BCUT2D eigenvalue weighted by Gasteiger charge is 2.19. The van der Waals surface area contributed by atoms with Crippen LogP contribution in [0.25, 0.3) is 0 Å². The van der Waals surface area contributed by atoms with Crippen molar-refractivity contribution in [3.63, 3.8) is 0 Å². The highest BCUT2D eigenvalue weighted by molar-refractivity contribution is 5.71. The Morgan fingerprint density at radius 3 is 0.827 bits per heavy atom. The van der Waals surface area contributed by atoms with Crippen molar-refractivity contribution in [1.82, 2.24) is 0 Å². The molecule has 6 nitrogen and oxygen atoms in total. The first kappa shape index (κ1) is 70.8. The maximum atomic E-state index is 12.9. The van der Waals surface area contributed by atoms with Gasteiger partial charge in [-0.05, 0) is 122 Å². The van der Waals surface area contributed by atoms with Crippen LogP contribution in [-0.4, -0.2) is 37.2 Å². The summed E-state index contributed by atoms with van der Waals surface area (Å²) < 4.78 is 16.9. The normalized spacial score (nSPS) is 12.9. The van der Waals surface area contributed by atoms with Crippen molar-refractivity contribution >= 4 is 17.9 Å². The van der Waals surface area contributed by atoms with E-state index in [4.69, 9.17) is 14.2 Å². The van der Waals surface area contributed by atoms with Gasteiger partial charge in [0.05, 0.1) is 0 Å². The number of carbonyl (C=O) groups excluding carboxylic acids is 3. The Hall–Kier alpha value is -4.19. The van der Waals surface area contributed by atoms with Gasteiger partial charge in [0.15, 0.2) is 6.10 Å². The van der Waals surface area contributed by atoms with Gasteiger partial charge in [-0.25, -0.2) is 0 Å². The van der Waals surface area contributed by atoms with Gasteiger partial charge in [0.2, 0.25) is 0 Å². The van der Waals surface area contributed by atoms with Gasteiger partial charge in [-0.1, -0.05) is 258 Å². The molecule has 0 aliphatic rings. The number of hydrogen-bond acceptors (Lipinski definition) is 6. The van der Waals surface area contributed by atoms with E-state index in [1.54, 1.807) is 0 Å². The van der Waals surface area contributed by atoms with Crippen LogP contribution in [0.5, 0.6) is 0 Å². The van der Waals surface area contributed by atoms with E-state index in [1.165, 1.54) is 103 Å². The minimum atomic E-state index is -0.792. The molecule has 426 valence electrons. The lowest BCUT2D eigenvalue weighted by atomic mass is 10.0. The molecule has 0 saturated heterocycles. The molecule has 0 radical (unpaired) electrons. The van der Waals surface area contributed by atoms with Crippen molar-refractivity contribution in [2.45, 2.75) is 284 Å². The summed E-state index contributed by atoms with van der Waals surface area (Å²) in [6.07, 6.45) is 86.3. The van der Waals surface area contributed by atoms with Gasteiger partial charge in [-0.2, -0.15) is 0 Å². The summed E-state index contributed by atoms with van der Waals surface area (Å²) in [6.45, 7) is 6.36. The van der Waals surface area contributed by atoms with E-state index in [0.717, 1.165) is 135 Å². The van der Waals surface area contributed by atoms with Crippen molar-refractivity contribution in [3.8, 4) is 0 Å². The van der Waals surface area contributed by atoms with Crippen LogP contribution in [0.2, 0.25) is 0 Å². The van der Waals surface area contributed by atoms with Gasteiger partial charge in [0.1, 0.15) is 13.2 Å². The van der Waals surface area contributed by atoms with E-state index in [9.17, 15) is 14.4 Å². The Bertz CT molecular complexity index is 1570. The van der Waals surface area contributed by atoms with Crippen LogP contribution < -0.4 is 0 Å². The van der Waals surface area contributed by atoms with Crippen molar-refractivity contribution in [3.05, 3.63) is 122 Å². The summed E-state index contributed by atoms with van der Waals surface area (Å²) in [7, 11) is 0. The van der Waals surface area contributed by atoms with Crippen LogP contribution in [0, 0.1) is 0 Å². The summed E-state index contributed by atoms with van der Waals surface area (Å²) in [4.78, 5) is 38.2. The van der Waals surface area contributed by atoms with Crippen molar-refractivity contribution in [2.75, 3.05) is 13.2 Å². The topological polar surface area (TPSA) is 78.9 Å². The average molecular weight is 1040 g/mol. The van der Waals surface area contributed by atoms with Crippen molar-refractivity contribution in [2.24, 2.45) is 0 Å². The molecule has 0 saturated carbocycles. The lowest BCUT2D eigenvalue weighted by Crippen LogP contribution is -2.30. The molecule has 0 fully saturated rings. The van der Waals surface area contributed by atoms with Crippen LogP contribution in [-0.2, 0) is 28.6 Å². The highest BCUT2D eigenvalue weighted by Crippen LogP contribution is 2.15. The van der Waals surface area contributed by atoms with Gasteiger partial charge in [-0.15, -0.1) is 0 Å². The Kier molecular flexibility index (Phi) is 58.9. The quantitative estimate of drug-likeness (QED) is 0.0261. The van der Waals surface area contributed by atoms with E-state index in [0.29, 0.717) is 19.3 Å². The van der Waals surface area contributed by atoms with Gasteiger partial charge in [0, 0.05) is 19.3 Å². The zero-order valence-electron chi connectivity index (χ0n) is 48.8. The van der Waals surface area contributed by atoms with Crippen LogP contribution in [0.4, 0.5) is 0 Å². The van der Waals surface area contributed by atoms with E-state index in [-0.39, 0.29) is 31.1 Å². The molecular weight excluding hydrogens is 925 g/mol. The zero-order valence-corrected chi connectivity index (χ0v) is 48.8. The predicted octanol–water partition coefficient (Wildman–Crippen LogP) is 21.2. The van der Waals surface area contributed by atoms with E-state index in [2.05, 4.69) is 142 Å². The van der Waals surface area contributed by atoms with Gasteiger partial charge in [0.25, 0.3) is 0 Å². The lowest BCUT2D eigenvalue weighted by Gasteiger charge is -2.18. The second-order valence-corrected chi connectivity index (χ2v) is 20.2. The van der Waals surface area contributed by atoms with E-state index >= 15 is 0 Å². The van der Waals surface area contributed by atoms with E-state index in [1.807, 2.05) is 0 Å². The Morgan fingerprint density at radius 2 is 0.520 bits per heavy atom. The van der Waals surface area contributed by atoms with Gasteiger partial charge >= 0.3 is 17.9 Å². The first-order chi connectivity index (χ1) is 37.0. The largest absolute Gasteiger partial charge is 0.462 e. The highest BCUT2D eigenvalue weighted by atomic mass is 16.6. The molecule has 0 aromatic carbocycles. The molecule has 0 aliphatic heterocycles. The predicted molar refractivity (Wildman–Crippen MR) is 325 cm³/mol. The third-order valence-electron chi connectivity index (χ3n) is 12.9. The second kappa shape index (κ2) is 62.4. The lowest BCUT2D eigenvalue weighted by molar-refractivity contribution is -0.167. The average Bonchev–Trinajstić information content (AvgIpc) is 3.41. The first-order valence-electron chi connectivity index (χ1n) is 31.0. The van der Waals surface area contributed by atoms with E-state index < -0.39 is 6.10 Å². The fraction of sp³-hybridized carbons (Fsp3) is 0.667. The van der Waals surface area contributed by atoms with Gasteiger partial charge < -0.3 is 14.2 Å². The van der Waals surface area contributed by atoms with Crippen LogP contribution in [0.1, 0.15) is 278 Å². The molecule has 1 unspecified atom stereocenters. The molecule has 0 N–H and O–H groups in total. The zero-order chi connectivity index (χ0) is 54.3. The molecule has 75 heavy (non-hydrogen) atoms. The molecule has 0 amide bonds. The Labute approximate surface area is 462 Å². The summed E-state index contributed by atoms with van der Waals surface area (Å²) >= 11 is 0. The fourth-order valence-electron chi connectivity index (χ4n) is 8.32. The number of unbranched alkanes of at least 4 members (excludes halogenated alkanes) is 24. The molecular formula is C69H114O6. The molecule has 0 bridgehead atoms. The maximum absolute atomic E-state index is 12.9. The number of allylic oxidation sites excluding steroid dienone is 20. The molecule has 0 spiro atoms. The molecule has 0 heterocycles. The summed E-state index contributed by atoms with van der Waals surface area (Å²) in [6, 6.07) is 0. The third kappa shape index (κ3) is 60.6. The van der Waals surface area contributed by atoms with Crippen LogP contribution in [0.3, 0.4) is 0 Å². The van der Waals surface area contributed by atoms with Crippen molar-refractivity contribution in [1.29, 1.82) is 0 Å². The van der Waals surface area contributed by atoms with Crippen molar-refractivity contribution < 1.29 is 28.6 Å². The molecule has 6 heteroatoms. The molecule has 0 rings (SSSR count). The first-order valence-corrected chi connectivity index (χ1v) is 31.0. The Balaban J connectivity index is 4.34. The minimum Gasteiger partial charge on any atom is -0.462 e. The maximum Gasteiger partial charge on any atom is 0.306 e. The Morgan fingerprint density at radius 1 is 0.280 bits per heavy atom. The standard InChI is InChI=1S/C69H114O6/c1-4-7-10-13-16-19-22-24-26-28-30-32-34-36-38-40-42-44-47-50-53-56-59-62-68(71)74-65-66(64-73-67(70)61-58-55-52-49-46-21-18-15-12-9-6-3)75-69(72)63-60-57-54-51-48-45-43-41-39-37-35-33-31-29-27-25-23-20-17-14-11-8-5-2/h7-8,10-11,15-20,24-27,30-33,36,38,66H,4-6,9,12-14,21-23,28-29,34-35,37,39-65H2,1-3H3/b10-7-,11-8-,18-15-,19-16-,20-17-,26-24-,27-25-,32-30-,33-31-,38-36-. The number of ether oxygens (including phenoxy) is 3. The molecule has 0 aromatic heterocycles. The third-order valence-corrected chi connectivity index (χ3v) is 12.9. The minimum absolute atomic E-state index is 0.0896. The van der Waals surface area contributed by atoms with Gasteiger partial charge in [-0.3, -0.25) is 14.4 Å². The SMILES string of the molecule is CC/C=C\C/C=C\C/C=C\C/C=C\C/C=C\CCCCCCCCCC(=O)OCC(COC(=O)CCCCCCC/C=C\CCCC)OC(=O)CCCCCCCCCCCC/C=C\C/C=C\C/C=C\C/C=C\CC. The summed E-state index contributed by atoms with van der Waals surface area (Å²) in [5.74, 6) is -0.912. The van der Waals surface area contributed by atoms with Crippen LogP contribution in [0.15, 0.2) is 122 Å². The molecule has 0 aliphatic carbocycles. The summed E-state index contributed by atoms with van der Waals surface area (Å²) in [5, 5.41) is 0. The van der Waals surface area contributed by atoms with Crippen LogP contribution >= 0.6 is 0 Å². The fourth-order valence-corrected chi connectivity index (χ4v) is 8.32. The monoisotopic (exact) mass is 1040 g/mol. The summed E-state index contributed by atoms with van der Waals surface area (Å²) in [5.41, 5.74) is 0.